The molecule has 0 aliphatic carbocycles. The summed E-state index contributed by atoms with van der Waals surface area (Å²) in [5.41, 5.74) is 1.79. The summed E-state index contributed by atoms with van der Waals surface area (Å²) >= 11 is 18.1. The van der Waals surface area contributed by atoms with Crippen LogP contribution in [-0.2, 0) is 0 Å². The number of carbonyl (C=O) groups is 1. The molecule has 0 aliphatic rings. The maximum absolute atomic E-state index is 12.2. The number of hydrogen-bond acceptors (Lipinski definition) is 1. The monoisotopic (exact) mass is 377 g/mol. The first-order chi connectivity index (χ1) is 10.7. The van der Waals surface area contributed by atoms with E-state index in [-0.39, 0.29) is 0 Å². The van der Waals surface area contributed by atoms with Gasteiger partial charge < -0.3 is 10.2 Å². The zero-order valence-electron chi connectivity index (χ0n) is 13.7. The molecule has 0 spiro atoms. The van der Waals surface area contributed by atoms with Gasteiger partial charge in [-0.1, -0.05) is 64.6 Å². The molecule has 0 heterocycles. The maximum Gasteiger partial charge on any atom is 0.343 e. The van der Waals surface area contributed by atoms with Gasteiger partial charge in [-0.05, 0) is 33.3 Å². The van der Waals surface area contributed by atoms with Crippen molar-refractivity contribution in [2.75, 3.05) is 13.1 Å². The smallest absolute Gasteiger partial charge is 0.343 e. The normalized spacial score (nSPS) is 13.6. The molecule has 0 radical (unpaired) electrons. The number of halogens is 3. The summed E-state index contributed by atoms with van der Waals surface area (Å²) in [6.45, 7) is 9.27. The zero-order valence-corrected chi connectivity index (χ0v) is 16.0. The van der Waals surface area contributed by atoms with E-state index in [4.69, 9.17) is 34.8 Å². The van der Waals surface area contributed by atoms with Crippen LogP contribution in [-0.4, -0.2) is 33.6 Å². The first kappa shape index (κ1) is 20.1. The lowest BCUT2D eigenvalue weighted by atomic mass is 10.1. The lowest BCUT2D eigenvalue weighted by Gasteiger charge is -2.26. The molecule has 1 unspecified atom stereocenters. The topological polar surface area (TPSA) is 44.7 Å². The van der Waals surface area contributed by atoms with E-state index in [1.165, 1.54) is 0 Å². The van der Waals surface area contributed by atoms with Gasteiger partial charge in [-0.15, -0.1) is 0 Å². The molecule has 1 aromatic carbocycles. The summed E-state index contributed by atoms with van der Waals surface area (Å²) in [7, 11) is 0. The van der Waals surface area contributed by atoms with Crippen LogP contribution >= 0.6 is 34.8 Å². The molecule has 23 heavy (non-hydrogen) atoms. The summed E-state index contributed by atoms with van der Waals surface area (Å²) in [5, 5.41) is 2.68. The van der Waals surface area contributed by atoms with Crippen molar-refractivity contribution < 1.29 is 4.79 Å². The number of aliphatic imine (C=N–C) groups is 1. The number of nitrogens with zero attached hydrogens (tertiary/aromatic N) is 2. The molecule has 0 aliphatic heterocycles. The van der Waals surface area contributed by atoms with E-state index in [1.807, 2.05) is 49.9 Å². The van der Waals surface area contributed by atoms with Crippen molar-refractivity contribution in [3.63, 3.8) is 0 Å². The Morgan fingerprint density at radius 3 is 2.17 bits per heavy atom. The Kier molecular flexibility index (Phi) is 7.65. The molecule has 1 atom stereocenters. The SMILES string of the molecule is CCN(CC)/C(C)=N/C(=O)NC(c1ccc(C)cc1)C(Cl)(Cl)Cl. The second kappa shape index (κ2) is 8.76. The van der Waals surface area contributed by atoms with Crippen LogP contribution in [0.15, 0.2) is 29.3 Å². The average molecular weight is 379 g/mol. The largest absolute Gasteiger partial charge is 0.361 e. The van der Waals surface area contributed by atoms with E-state index in [2.05, 4.69) is 10.3 Å². The third-order valence-corrected chi connectivity index (χ3v) is 4.14. The van der Waals surface area contributed by atoms with E-state index in [1.54, 1.807) is 6.92 Å². The highest BCUT2D eigenvalue weighted by molar-refractivity contribution is 6.68. The Balaban J connectivity index is 2.97. The number of nitrogens with one attached hydrogen (secondary N) is 1. The van der Waals surface area contributed by atoms with E-state index >= 15 is 0 Å². The molecule has 0 aromatic heterocycles. The predicted molar refractivity (Wildman–Crippen MR) is 98.8 cm³/mol. The van der Waals surface area contributed by atoms with Gasteiger partial charge in [-0.3, -0.25) is 0 Å². The number of amides is 2. The van der Waals surface area contributed by atoms with Crippen LogP contribution in [0, 0.1) is 6.92 Å². The van der Waals surface area contributed by atoms with Crippen molar-refractivity contribution >= 4 is 46.7 Å². The van der Waals surface area contributed by atoms with Gasteiger partial charge in [0.15, 0.2) is 0 Å². The number of urea groups is 1. The summed E-state index contributed by atoms with van der Waals surface area (Å²) in [5.74, 6) is 0.625. The summed E-state index contributed by atoms with van der Waals surface area (Å²) in [6, 6.07) is 6.12. The van der Waals surface area contributed by atoms with Crippen molar-refractivity contribution in [1.29, 1.82) is 0 Å². The van der Waals surface area contributed by atoms with Crippen LogP contribution in [0.5, 0.6) is 0 Å². The molecular formula is C16H22Cl3N3O. The highest BCUT2D eigenvalue weighted by atomic mass is 35.6. The minimum absolute atomic E-state index is 0.536. The molecule has 1 aromatic rings. The number of carbonyl (C=O) groups excluding carboxylic acids is 1. The summed E-state index contributed by atoms with van der Waals surface area (Å²) in [4.78, 5) is 18.2. The van der Waals surface area contributed by atoms with Crippen LogP contribution in [0.4, 0.5) is 4.79 Å². The third kappa shape index (κ3) is 6.21. The highest BCUT2D eigenvalue weighted by Gasteiger charge is 2.35. The fourth-order valence-electron chi connectivity index (χ4n) is 2.17. The molecule has 0 bridgehead atoms. The molecule has 0 fully saturated rings. The fraction of sp³-hybridized carbons (Fsp3) is 0.500. The van der Waals surface area contributed by atoms with Gasteiger partial charge >= 0.3 is 6.03 Å². The van der Waals surface area contributed by atoms with Gasteiger partial charge in [0.25, 0.3) is 0 Å². The van der Waals surface area contributed by atoms with Crippen molar-refractivity contribution in [1.82, 2.24) is 10.2 Å². The van der Waals surface area contributed by atoms with Crippen molar-refractivity contribution in [2.24, 2.45) is 4.99 Å². The van der Waals surface area contributed by atoms with Gasteiger partial charge in [0.1, 0.15) is 11.9 Å². The molecule has 128 valence electrons. The number of alkyl halides is 3. The number of benzene rings is 1. The van der Waals surface area contributed by atoms with Crippen LogP contribution < -0.4 is 5.32 Å². The standard InChI is InChI=1S/C16H22Cl3N3O/c1-5-22(6-2)12(4)20-15(23)21-14(16(17,18)19)13-9-7-11(3)8-10-13/h7-10,14H,5-6H2,1-4H3,(H,21,23)/b20-12+. The summed E-state index contributed by atoms with van der Waals surface area (Å²) < 4.78 is -1.68. The van der Waals surface area contributed by atoms with Gasteiger partial charge in [0.05, 0.1) is 0 Å². The van der Waals surface area contributed by atoms with Crippen molar-refractivity contribution in [3.8, 4) is 0 Å². The average Bonchev–Trinajstić information content (AvgIpc) is 2.46. The van der Waals surface area contributed by atoms with Crippen LogP contribution in [0.1, 0.15) is 37.9 Å². The lowest BCUT2D eigenvalue weighted by molar-refractivity contribution is 0.245. The molecule has 7 heteroatoms. The number of amidine groups is 1. The first-order valence-electron chi connectivity index (χ1n) is 7.43. The Bertz CT molecular complexity index is 549. The molecule has 2 amide bonds. The number of rotatable bonds is 4. The lowest BCUT2D eigenvalue weighted by Crippen LogP contribution is -2.36. The predicted octanol–water partition coefficient (Wildman–Crippen LogP) is 4.88. The molecular weight excluding hydrogens is 357 g/mol. The van der Waals surface area contributed by atoms with Crippen molar-refractivity contribution in [3.05, 3.63) is 35.4 Å². The molecule has 4 nitrogen and oxygen atoms in total. The van der Waals surface area contributed by atoms with E-state index in [9.17, 15) is 4.79 Å². The minimum Gasteiger partial charge on any atom is -0.361 e. The second-order valence-electron chi connectivity index (χ2n) is 5.17. The second-order valence-corrected chi connectivity index (χ2v) is 7.54. The zero-order chi connectivity index (χ0) is 17.6. The van der Waals surface area contributed by atoms with Crippen molar-refractivity contribution in [2.45, 2.75) is 37.5 Å². The van der Waals surface area contributed by atoms with E-state index in [0.29, 0.717) is 11.4 Å². The fourth-order valence-corrected chi connectivity index (χ4v) is 2.71. The maximum atomic E-state index is 12.2. The first-order valence-corrected chi connectivity index (χ1v) is 8.56. The van der Waals surface area contributed by atoms with Gasteiger partial charge in [0, 0.05) is 13.1 Å². The Hall–Kier alpha value is -0.970. The van der Waals surface area contributed by atoms with Gasteiger partial charge in [0.2, 0.25) is 3.79 Å². The molecule has 0 saturated carbocycles. The Morgan fingerprint density at radius 1 is 1.22 bits per heavy atom. The number of aryl methyl sites for hydroxylation is 1. The number of hydrogen-bond donors (Lipinski definition) is 1. The quantitative estimate of drug-likeness (QED) is 0.461. The van der Waals surface area contributed by atoms with Crippen LogP contribution in [0.2, 0.25) is 0 Å². The molecule has 0 saturated heterocycles. The van der Waals surface area contributed by atoms with Gasteiger partial charge in [-0.2, -0.15) is 4.99 Å². The molecule has 1 rings (SSSR count). The third-order valence-electron chi connectivity index (χ3n) is 3.49. The van der Waals surface area contributed by atoms with E-state index < -0.39 is 15.9 Å². The Labute approximate surface area is 152 Å². The van der Waals surface area contributed by atoms with Crippen LogP contribution in [0.3, 0.4) is 0 Å². The summed E-state index contributed by atoms with van der Waals surface area (Å²) in [6.07, 6.45) is 0. The Morgan fingerprint density at radius 2 is 1.74 bits per heavy atom. The van der Waals surface area contributed by atoms with E-state index in [0.717, 1.165) is 18.7 Å². The van der Waals surface area contributed by atoms with Gasteiger partial charge in [-0.25, -0.2) is 4.79 Å². The van der Waals surface area contributed by atoms with Crippen LogP contribution in [0.25, 0.3) is 0 Å². The highest BCUT2D eigenvalue weighted by Crippen LogP contribution is 2.39. The molecule has 1 N–H and O–H groups in total. The minimum atomic E-state index is -1.68.